The highest BCUT2D eigenvalue weighted by Gasteiger charge is 2.08. The lowest BCUT2D eigenvalue weighted by Gasteiger charge is -1.97. The Morgan fingerprint density at radius 1 is 1.62 bits per heavy atom. The highest BCUT2D eigenvalue weighted by atomic mass is 32.1. The van der Waals surface area contributed by atoms with E-state index in [-0.39, 0.29) is 19.2 Å². The number of aliphatic hydroxyl groups is 1. The summed E-state index contributed by atoms with van der Waals surface area (Å²) in [6.07, 6.45) is 0. The van der Waals surface area contributed by atoms with Gasteiger partial charge < -0.3 is 14.6 Å². The molecule has 1 heterocycles. The molecule has 0 aliphatic rings. The van der Waals surface area contributed by atoms with Gasteiger partial charge in [0.25, 0.3) is 0 Å². The Labute approximate surface area is 79.7 Å². The van der Waals surface area contributed by atoms with E-state index in [4.69, 9.17) is 9.84 Å². The molecule has 1 aromatic heterocycles. The van der Waals surface area contributed by atoms with E-state index in [2.05, 4.69) is 4.74 Å². The Morgan fingerprint density at radius 3 is 3.00 bits per heavy atom. The maximum Gasteiger partial charge on any atom is 0.348 e. The molecular weight excluding hydrogens is 192 g/mol. The number of methoxy groups -OCH3 is 1. The van der Waals surface area contributed by atoms with Crippen LogP contribution in [0.15, 0.2) is 12.1 Å². The molecule has 0 unspecified atom stereocenters. The van der Waals surface area contributed by atoms with Crippen molar-refractivity contribution in [3.05, 3.63) is 17.0 Å². The predicted molar refractivity (Wildman–Crippen MR) is 48.2 cm³/mol. The lowest BCUT2D eigenvalue weighted by atomic mass is 10.5. The number of hydrogen-bond donors (Lipinski definition) is 1. The van der Waals surface area contributed by atoms with Crippen molar-refractivity contribution in [2.75, 3.05) is 20.3 Å². The molecule has 0 saturated carbocycles. The molecule has 13 heavy (non-hydrogen) atoms. The summed E-state index contributed by atoms with van der Waals surface area (Å²) >= 11 is 1.20. The van der Waals surface area contributed by atoms with E-state index in [9.17, 15) is 4.79 Å². The Morgan fingerprint density at radius 2 is 2.38 bits per heavy atom. The zero-order chi connectivity index (χ0) is 9.68. The summed E-state index contributed by atoms with van der Waals surface area (Å²) in [5.41, 5.74) is 0. The molecule has 0 aliphatic carbocycles. The Bertz CT molecular complexity index is 281. The Kier molecular flexibility index (Phi) is 3.72. The summed E-state index contributed by atoms with van der Waals surface area (Å²) in [6, 6.07) is 3.30. The van der Waals surface area contributed by atoms with Crippen molar-refractivity contribution in [3.63, 3.8) is 0 Å². The van der Waals surface area contributed by atoms with E-state index in [0.717, 1.165) is 0 Å². The SMILES string of the molecule is COC(=O)c1ccc(OCCO)s1. The predicted octanol–water partition coefficient (Wildman–Crippen LogP) is 0.906. The number of carbonyl (C=O) groups is 1. The van der Waals surface area contributed by atoms with Crippen LogP contribution in [0.1, 0.15) is 9.67 Å². The minimum absolute atomic E-state index is 0.0363. The van der Waals surface area contributed by atoms with Crippen LogP contribution in [0, 0.1) is 0 Å². The van der Waals surface area contributed by atoms with Crippen LogP contribution >= 0.6 is 11.3 Å². The minimum Gasteiger partial charge on any atom is -0.482 e. The first-order chi connectivity index (χ1) is 6.27. The molecule has 0 bridgehead atoms. The molecule has 0 aliphatic heterocycles. The first-order valence-electron chi connectivity index (χ1n) is 3.69. The molecule has 1 aromatic rings. The highest BCUT2D eigenvalue weighted by molar-refractivity contribution is 7.15. The Balaban J connectivity index is 2.58. The van der Waals surface area contributed by atoms with Gasteiger partial charge in [-0.3, -0.25) is 0 Å². The van der Waals surface area contributed by atoms with Crippen LogP contribution < -0.4 is 4.74 Å². The molecule has 5 heteroatoms. The molecular formula is C8H10O4S. The van der Waals surface area contributed by atoms with E-state index in [1.54, 1.807) is 12.1 Å². The van der Waals surface area contributed by atoms with Gasteiger partial charge in [-0.1, -0.05) is 11.3 Å². The largest absolute Gasteiger partial charge is 0.482 e. The summed E-state index contributed by atoms with van der Waals surface area (Å²) in [7, 11) is 1.33. The topological polar surface area (TPSA) is 55.8 Å². The molecule has 1 N–H and O–H groups in total. The average molecular weight is 202 g/mol. The first kappa shape index (κ1) is 10.0. The van der Waals surface area contributed by atoms with Crippen LogP contribution in [0.4, 0.5) is 0 Å². The highest BCUT2D eigenvalue weighted by Crippen LogP contribution is 2.24. The fraction of sp³-hybridized carbons (Fsp3) is 0.375. The van der Waals surface area contributed by atoms with E-state index >= 15 is 0 Å². The molecule has 1 rings (SSSR count). The second-order valence-corrected chi connectivity index (χ2v) is 3.23. The molecule has 0 atom stereocenters. The molecule has 72 valence electrons. The number of rotatable bonds is 4. The third kappa shape index (κ3) is 2.71. The molecule has 0 aromatic carbocycles. The van der Waals surface area contributed by atoms with Crippen LogP contribution in [0.5, 0.6) is 5.06 Å². The molecule has 0 radical (unpaired) electrons. The standard InChI is InChI=1S/C8H10O4S/c1-11-8(10)6-2-3-7(13-6)12-5-4-9/h2-3,9H,4-5H2,1H3. The van der Waals surface area contributed by atoms with Gasteiger partial charge in [-0.2, -0.15) is 0 Å². The second kappa shape index (κ2) is 4.84. The first-order valence-corrected chi connectivity index (χ1v) is 4.51. The van der Waals surface area contributed by atoms with Crippen molar-refractivity contribution in [1.82, 2.24) is 0 Å². The van der Waals surface area contributed by atoms with Crippen molar-refractivity contribution in [2.45, 2.75) is 0 Å². The monoisotopic (exact) mass is 202 g/mol. The number of thiophene rings is 1. The van der Waals surface area contributed by atoms with Gasteiger partial charge in [-0.15, -0.1) is 0 Å². The zero-order valence-electron chi connectivity index (χ0n) is 7.15. The van der Waals surface area contributed by atoms with Crippen LogP contribution in [0.25, 0.3) is 0 Å². The van der Waals surface area contributed by atoms with E-state index < -0.39 is 0 Å². The van der Waals surface area contributed by atoms with Gasteiger partial charge in [0.2, 0.25) is 0 Å². The van der Waals surface area contributed by atoms with Gasteiger partial charge in [-0.25, -0.2) is 4.79 Å². The molecule has 0 spiro atoms. The average Bonchev–Trinajstić information content (AvgIpc) is 2.62. The summed E-state index contributed by atoms with van der Waals surface area (Å²) in [6.45, 7) is 0.201. The number of carbonyl (C=O) groups excluding carboxylic acids is 1. The van der Waals surface area contributed by atoms with Crippen molar-refractivity contribution in [3.8, 4) is 5.06 Å². The fourth-order valence-corrected chi connectivity index (χ4v) is 1.55. The lowest BCUT2D eigenvalue weighted by Crippen LogP contribution is -2.00. The van der Waals surface area contributed by atoms with Crippen molar-refractivity contribution in [2.24, 2.45) is 0 Å². The zero-order valence-corrected chi connectivity index (χ0v) is 7.97. The Hall–Kier alpha value is -1.07. The molecule has 4 nitrogen and oxygen atoms in total. The number of esters is 1. The van der Waals surface area contributed by atoms with Gasteiger partial charge in [0, 0.05) is 0 Å². The number of ether oxygens (including phenoxy) is 2. The summed E-state index contributed by atoms with van der Waals surface area (Å²) in [4.78, 5) is 11.5. The van der Waals surface area contributed by atoms with Crippen LogP contribution in [0.3, 0.4) is 0 Å². The van der Waals surface area contributed by atoms with Gasteiger partial charge in [0.05, 0.1) is 13.7 Å². The van der Waals surface area contributed by atoms with Crippen LogP contribution in [0.2, 0.25) is 0 Å². The van der Waals surface area contributed by atoms with Gasteiger partial charge in [0.1, 0.15) is 11.5 Å². The lowest BCUT2D eigenvalue weighted by molar-refractivity contribution is 0.0606. The van der Waals surface area contributed by atoms with Gasteiger partial charge in [0.15, 0.2) is 5.06 Å². The normalized spacial score (nSPS) is 9.69. The van der Waals surface area contributed by atoms with E-state index in [0.29, 0.717) is 9.94 Å². The van der Waals surface area contributed by atoms with Crippen LogP contribution in [-0.4, -0.2) is 31.4 Å². The van der Waals surface area contributed by atoms with Gasteiger partial charge >= 0.3 is 5.97 Å². The van der Waals surface area contributed by atoms with Crippen molar-refractivity contribution in [1.29, 1.82) is 0 Å². The second-order valence-electron chi connectivity index (χ2n) is 2.18. The number of hydrogen-bond acceptors (Lipinski definition) is 5. The summed E-state index contributed by atoms with van der Waals surface area (Å²) in [5.74, 6) is -0.371. The quantitative estimate of drug-likeness (QED) is 0.737. The fourth-order valence-electron chi connectivity index (χ4n) is 0.754. The number of aliphatic hydroxyl groups excluding tert-OH is 1. The summed E-state index contributed by atoms with van der Waals surface area (Å²) < 4.78 is 9.61. The minimum atomic E-state index is -0.371. The third-order valence-corrected chi connectivity index (χ3v) is 2.28. The van der Waals surface area contributed by atoms with E-state index in [1.807, 2.05) is 0 Å². The van der Waals surface area contributed by atoms with Crippen molar-refractivity contribution < 1.29 is 19.4 Å². The molecule has 0 amide bonds. The maximum atomic E-state index is 11.0. The van der Waals surface area contributed by atoms with E-state index in [1.165, 1.54) is 18.4 Å². The van der Waals surface area contributed by atoms with Crippen LogP contribution in [-0.2, 0) is 4.74 Å². The molecule has 0 fully saturated rings. The van der Waals surface area contributed by atoms with Crippen molar-refractivity contribution >= 4 is 17.3 Å². The third-order valence-electron chi connectivity index (χ3n) is 1.30. The summed E-state index contributed by atoms with van der Waals surface area (Å²) in [5, 5.41) is 9.08. The molecule has 0 saturated heterocycles. The maximum absolute atomic E-state index is 11.0. The van der Waals surface area contributed by atoms with Gasteiger partial charge in [-0.05, 0) is 12.1 Å². The smallest absolute Gasteiger partial charge is 0.348 e.